The topological polar surface area (TPSA) is 52.6 Å². The van der Waals surface area contributed by atoms with Gasteiger partial charge in [0.25, 0.3) is 5.91 Å². The Hall–Kier alpha value is -1.55. The van der Waals surface area contributed by atoms with Crippen molar-refractivity contribution in [3.63, 3.8) is 0 Å². The highest BCUT2D eigenvalue weighted by molar-refractivity contribution is 5.97. The molecule has 2 N–H and O–H groups in total. The standard InChI is InChI=1S/C17H26N2O2/c1-4-18-13-8-10-14(11-9-13)19(3)17(21)15-7-5-6-12(2)16(15)20/h5-7,13-14,18,20H,4,8-11H2,1-3H3. The van der Waals surface area contributed by atoms with Gasteiger partial charge < -0.3 is 15.3 Å². The van der Waals surface area contributed by atoms with Crippen LogP contribution in [0.25, 0.3) is 0 Å². The monoisotopic (exact) mass is 290 g/mol. The number of aryl methyl sites for hydroxylation is 1. The highest BCUT2D eigenvalue weighted by Crippen LogP contribution is 2.27. The van der Waals surface area contributed by atoms with Crippen LogP contribution in [-0.4, -0.2) is 41.6 Å². The Kier molecular flexibility index (Phi) is 5.23. The number of benzene rings is 1. The minimum atomic E-state index is -0.0805. The van der Waals surface area contributed by atoms with Gasteiger partial charge in [0, 0.05) is 19.1 Å². The summed E-state index contributed by atoms with van der Waals surface area (Å²) in [6, 6.07) is 6.19. The molecule has 0 unspecified atom stereocenters. The summed E-state index contributed by atoms with van der Waals surface area (Å²) in [6.45, 7) is 4.94. The summed E-state index contributed by atoms with van der Waals surface area (Å²) < 4.78 is 0. The highest BCUT2D eigenvalue weighted by atomic mass is 16.3. The van der Waals surface area contributed by atoms with Crippen LogP contribution in [0, 0.1) is 6.92 Å². The molecular weight excluding hydrogens is 264 g/mol. The van der Waals surface area contributed by atoms with Gasteiger partial charge in [-0.2, -0.15) is 0 Å². The summed E-state index contributed by atoms with van der Waals surface area (Å²) in [5, 5.41) is 13.5. The number of phenols is 1. The van der Waals surface area contributed by atoms with Gasteiger partial charge in [-0.1, -0.05) is 19.1 Å². The van der Waals surface area contributed by atoms with E-state index in [4.69, 9.17) is 0 Å². The van der Waals surface area contributed by atoms with E-state index in [1.54, 1.807) is 11.0 Å². The lowest BCUT2D eigenvalue weighted by atomic mass is 9.90. The van der Waals surface area contributed by atoms with Crippen LogP contribution in [0.4, 0.5) is 0 Å². The van der Waals surface area contributed by atoms with Crippen molar-refractivity contribution < 1.29 is 9.90 Å². The minimum Gasteiger partial charge on any atom is -0.507 e. The Morgan fingerprint density at radius 2 is 2.00 bits per heavy atom. The molecule has 21 heavy (non-hydrogen) atoms. The molecule has 0 bridgehead atoms. The van der Waals surface area contributed by atoms with Gasteiger partial charge in [0.05, 0.1) is 5.56 Å². The fourth-order valence-corrected chi connectivity index (χ4v) is 3.14. The largest absolute Gasteiger partial charge is 0.507 e. The van der Waals surface area contributed by atoms with Crippen molar-refractivity contribution in [2.24, 2.45) is 0 Å². The van der Waals surface area contributed by atoms with Gasteiger partial charge in [0.1, 0.15) is 5.75 Å². The molecule has 1 aromatic rings. The summed E-state index contributed by atoms with van der Waals surface area (Å²) in [6.07, 6.45) is 4.25. The van der Waals surface area contributed by atoms with Crippen molar-refractivity contribution in [3.8, 4) is 5.75 Å². The first-order valence-corrected chi connectivity index (χ1v) is 7.83. The number of hydrogen-bond acceptors (Lipinski definition) is 3. The number of aromatic hydroxyl groups is 1. The number of phenolic OH excluding ortho intramolecular Hbond substituents is 1. The first kappa shape index (κ1) is 15.8. The van der Waals surface area contributed by atoms with E-state index in [2.05, 4.69) is 12.2 Å². The molecule has 0 saturated heterocycles. The molecule has 1 amide bonds. The van der Waals surface area contributed by atoms with Crippen LogP contribution in [0.2, 0.25) is 0 Å². The molecule has 1 saturated carbocycles. The number of amides is 1. The zero-order valence-electron chi connectivity index (χ0n) is 13.2. The zero-order chi connectivity index (χ0) is 15.4. The molecule has 2 rings (SSSR count). The fourth-order valence-electron chi connectivity index (χ4n) is 3.14. The third kappa shape index (κ3) is 3.56. The maximum atomic E-state index is 12.6. The molecule has 0 atom stereocenters. The van der Waals surface area contributed by atoms with Gasteiger partial charge in [-0.05, 0) is 50.8 Å². The van der Waals surface area contributed by atoms with Gasteiger partial charge in [-0.3, -0.25) is 4.79 Å². The number of para-hydroxylation sites is 1. The maximum absolute atomic E-state index is 12.6. The van der Waals surface area contributed by atoms with Crippen LogP contribution in [0.1, 0.15) is 48.5 Å². The Labute approximate surface area is 127 Å². The Bertz CT molecular complexity index is 494. The maximum Gasteiger partial charge on any atom is 0.257 e. The molecule has 1 aliphatic carbocycles. The first-order chi connectivity index (χ1) is 10.0. The highest BCUT2D eigenvalue weighted by Gasteiger charge is 2.27. The summed E-state index contributed by atoms with van der Waals surface area (Å²) in [5.74, 6) is 0.0267. The molecule has 0 radical (unpaired) electrons. The van der Waals surface area contributed by atoms with E-state index in [0.717, 1.165) is 37.8 Å². The van der Waals surface area contributed by atoms with Crippen molar-refractivity contribution in [1.29, 1.82) is 0 Å². The Balaban J connectivity index is 2.02. The summed E-state index contributed by atoms with van der Waals surface area (Å²) in [5.41, 5.74) is 1.15. The molecule has 0 aliphatic heterocycles. The van der Waals surface area contributed by atoms with Crippen LogP contribution < -0.4 is 5.32 Å². The molecule has 1 aliphatic rings. The van der Waals surface area contributed by atoms with Gasteiger partial charge >= 0.3 is 0 Å². The van der Waals surface area contributed by atoms with Crippen LogP contribution in [0.5, 0.6) is 5.75 Å². The second-order valence-corrected chi connectivity index (χ2v) is 5.95. The Morgan fingerprint density at radius 1 is 1.33 bits per heavy atom. The first-order valence-electron chi connectivity index (χ1n) is 7.83. The predicted molar refractivity (Wildman–Crippen MR) is 84.7 cm³/mol. The fraction of sp³-hybridized carbons (Fsp3) is 0.588. The number of carbonyl (C=O) groups is 1. The van der Waals surface area contributed by atoms with Crippen LogP contribution in [0.15, 0.2) is 18.2 Å². The molecular formula is C17H26N2O2. The summed E-state index contributed by atoms with van der Waals surface area (Å²) in [4.78, 5) is 14.4. The molecule has 0 spiro atoms. The lowest BCUT2D eigenvalue weighted by Gasteiger charge is -2.35. The number of hydrogen-bond donors (Lipinski definition) is 2. The number of carbonyl (C=O) groups excluding carboxylic acids is 1. The van der Waals surface area contributed by atoms with Gasteiger partial charge in [0.15, 0.2) is 0 Å². The molecule has 4 nitrogen and oxygen atoms in total. The average molecular weight is 290 g/mol. The third-order valence-electron chi connectivity index (χ3n) is 4.53. The molecule has 1 fully saturated rings. The minimum absolute atomic E-state index is 0.0805. The number of nitrogens with one attached hydrogen (secondary N) is 1. The van der Waals surface area contributed by atoms with E-state index in [1.807, 2.05) is 26.1 Å². The number of rotatable bonds is 4. The molecule has 0 aromatic heterocycles. The van der Waals surface area contributed by atoms with E-state index >= 15 is 0 Å². The predicted octanol–water partition coefficient (Wildman–Crippen LogP) is 2.69. The van der Waals surface area contributed by atoms with Crippen LogP contribution >= 0.6 is 0 Å². The second-order valence-electron chi connectivity index (χ2n) is 5.95. The van der Waals surface area contributed by atoms with Gasteiger partial charge in [-0.25, -0.2) is 0 Å². The molecule has 0 heterocycles. The summed E-state index contributed by atoms with van der Waals surface area (Å²) in [7, 11) is 1.85. The SMILES string of the molecule is CCNC1CCC(N(C)C(=O)c2cccc(C)c2O)CC1. The summed E-state index contributed by atoms with van der Waals surface area (Å²) >= 11 is 0. The average Bonchev–Trinajstić information content (AvgIpc) is 2.50. The van der Waals surface area contributed by atoms with Crippen molar-refractivity contribution >= 4 is 5.91 Å². The normalized spacial score (nSPS) is 22.0. The van der Waals surface area contributed by atoms with Crippen LogP contribution in [0.3, 0.4) is 0 Å². The number of nitrogens with zero attached hydrogens (tertiary/aromatic N) is 1. The smallest absolute Gasteiger partial charge is 0.257 e. The lowest BCUT2D eigenvalue weighted by Crippen LogP contribution is -2.43. The van der Waals surface area contributed by atoms with Crippen molar-refractivity contribution in [1.82, 2.24) is 10.2 Å². The quantitative estimate of drug-likeness (QED) is 0.896. The third-order valence-corrected chi connectivity index (χ3v) is 4.53. The zero-order valence-corrected chi connectivity index (χ0v) is 13.2. The Morgan fingerprint density at radius 3 is 2.62 bits per heavy atom. The van der Waals surface area contributed by atoms with Crippen molar-refractivity contribution in [2.45, 2.75) is 51.6 Å². The molecule has 1 aromatic carbocycles. The van der Waals surface area contributed by atoms with Gasteiger partial charge in [0.2, 0.25) is 0 Å². The van der Waals surface area contributed by atoms with E-state index < -0.39 is 0 Å². The molecule has 116 valence electrons. The molecule has 4 heteroatoms. The van der Waals surface area contributed by atoms with E-state index in [-0.39, 0.29) is 17.7 Å². The van der Waals surface area contributed by atoms with E-state index in [0.29, 0.717) is 11.6 Å². The van der Waals surface area contributed by atoms with Crippen LogP contribution in [-0.2, 0) is 0 Å². The van der Waals surface area contributed by atoms with Crippen molar-refractivity contribution in [2.75, 3.05) is 13.6 Å². The van der Waals surface area contributed by atoms with E-state index in [9.17, 15) is 9.90 Å². The van der Waals surface area contributed by atoms with E-state index in [1.165, 1.54) is 0 Å². The second kappa shape index (κ2) is 6.94. The lowest BCUT2D eigenvalue weighted by molar-refractivity contribution is 0.0681. The van der Waals surface area contributed by atoms with Gasteiger partial charge in [-0.15, -0.1) is 0 Å². The van der Waals surface area contributed by atoms with Crippen molar-refractivity contribution in [3.05, 3.63) is 29.3 Å².